The van der Waals surface area contributed by atoms with Crippen LogP contribution >= 0.6 is 47.7 Å². The average molecular weight is 393 g/mol. The maximum atomic E-state index is 12.3. The average Bonchev–Trinajstić information content (AvgIpc) is 3.03. The molecule has 1 amide bonds. The minimum absolute atomic E-state index is 0. The molecule has 1 fully saturated rings. The molecule has 126 valence electrons. The van der Waals surface area contributed by atoms with Crippen LogP contribution in [0.4, 0.5) is 0 Å². The Hall–Kier alpha value is -0.930. The first kappa shape index (κ1) is 20.1. The molecule has 0 bridgehead atoms. The van der Waals surface area contributed by atoms with Crippen LogP contribution in [0.25, 0.3) is 6.08 Å². The summed E-state index contributed by atoms with van der Waals surface area (Å²) >= 11 is 7.93. The molecule has 1 saturated heterocycles. The molecule has 23 heavy (non-hydrogen) atoms. The van der Waals surface area contributed by atoms with E-state index >= 15 is 0 Å². The monoisotopic (exact) mass is 392 g/mol. The minimum Gasteiger partial charge on any atom is -0.463 e. The molecule has 2 rings (SSSR count). The van der Waals surface area contributed by atoms with Crippen LogP contribution in [-0.2, 0) is 14.3 Å². The molecule has 5 nitrogen and oxygen atoms in total. The Morgan fingerprint density at radius 3 is 2.83 bits per heavy atom. The Kier molecular flexibility index (Phi) is 8.21. The highest BCUT2D eigenvalue weighted by molar-refractivity contribution is 8.26. The van der Waals surface area contributed by atoms with E-state index < -0.39 is 5.97 Å². The summed E-state index contributed by atoms with van der Waals surface area (Å²) in [4.78, 5) is 28.8. The van der Waals surface area contributed by atoms with E-state index in [9.17, 15) is 9.59 Å². The van der Waals surface area contributed by atoms with E-state index in [0.717, 1.165) is 4.88 Å². The predicted molar refractivity (Wildman–Crippen MR) is 101 cm³/mol. The molecule has 0 aromatic carbocycles. The fraction of sp³-hybridized carbons (Fsp3) is 0.357. The number of thioether (sulfide) groups is 1. The van der Waals surface area contributed by atoms with Crippen LogP contribution in [0.2, 0.25) is 0 Å². The molecule has 2 heterocycles. The zero-order chi connectivity index (χ0) is 16.1. The van der Waals surface area contributed by atoms with E-state index in [1.807, 2.05) is 36.5 Å². The number of thiophene rings is 1. The lowest BCUT2D eigenvalue weighted by molar-refractivity contribution is -0.146. The topological polar surface area (TPSA) is 49.9 Å². The van der Waals surface area contributed by atoms with Gasteiger partial charge in [0.15, 0.2) is 0 Å². The maximum Gasteiger partial charge on any atom is 0.326 e. The summed E-state index contributed by atoms with van der Waals surface area (Å²) in [6.45, 7) is 0.800. The van der Waals surface area contributed by atoms with Crippen LogP contribution in [0.1, 0.15) is 4.88 Å². The van der Waals surface area contributed by atoms with Crippen molar-refractivity contribution in [3.63, 3.8) is 0 Å². The van der Waals surface area contributed by atoms with Crippen LogP contribution in [0.5, 0.6) is 0 Å². The Balaban J connectivity index is 0.00000264. The van der Waals surface area contributed by atoms with Gasteiger partial charge in [-0.3, -0.25) is 14.5 Å². The molecule has 0 N–H and O–H groups in total. The highest BCUT2D eigenvalue weighted by Gasteiger charge is 2.33. The van der Waals surface area contributed by atoms with Gasteiger partial charge < -0.3 is 9.64 Å². The number of ether oxygens (including phenoxy) is 1. The van der Waals surface area contributed by atoms with Crippen LogP contribution in [0, 0.1) is 0 Å². The maximum absolute atomic E-state index is 12.3. The van der Waals surface area contributed by atoms with Gasteiger partial charge in [-0.15, -0.1) is 23.7 Å². The molecule has 0 atom stereocenters. The summed E-state index contributed by atoms with van der Waals surface area (Å²) in [5.41, 5.74) is 0. The van der Waals surface area contributed by atoms with Crippen molar-refractivity contribution < 1.29 is 14.3 Å². The summed E-state index contributed by atoms with van der Waals surface area (Å²) in [6.07, 6.45) is 1.79. The van der Waals surface area contributed by atoms with Crippen molar-refractivity contribution in [1.29, 1.82) is 0 Å². The highest BCUT2D eigenvalue weighted by Crippen LogP contribution is 2.33. The van der Waals surface area contributed by atoms with Gasteiger partial charge in [0.25, 0.3) is 5.91 Å². The number of likely N-dealkylation sites (N-methyl/N-ethyl adjacent to an activating group) is 1. The summed E-state index contributed by atoms with van der Waals surface area (Å²) < 4.78 is 5.48. The lowest BCUT2D eigenvalue weighted by atomic mass is 10.3. The molecule has 0 radical (unpaired) electrons. The fourth-order valence-electron chi connectivity index (χ4n) is 1.66. The number of carbonyl (C=O) groups is 2. The third-order valence-corrected chi connectivity index (χ3v) is 4.98. The van der Waals surface area contributed by atoms with Gasteiger partial charge in [-0.1, -0.05) is 30.0 Å². The standard InChI is InChI=1S/C14H16N2O3S3.ClH/c1-15(2)5-6-19-12(17)9-16-13(18)11(22-14(16)20)8-10-4-3-7-21-10;/h3-4,7-8H,5-6,9H2,1-2H3;1H/b11-8+;. The third-order valence-electron chi connectivity index (χ3n) is 2.78. The smallest absolute Gasteiger partial charge is 0.326 e. The molecular formula is C14H17ClN2O3S3. The number of amides is 1. The number of esters is 1. The number of thiocarbonyl (C=S) groups is 1. The Morgan fingerprint density at radius 1 is 1.48 bits per heavy atom. The highest BCUT2D eigenvalue weighted by atomic mass is 35.5. The van der Waals surface area contributed by atoms with Gasteiger partial charge in [0.05, 0.1) is 4.91 Å². The second-order valence-electron chi connectivity index (χ2n) is 4.81. The fourth-order valence-corrected chi connectivity index (χ4v) is 3.63. The van der Waals surface area contributed by atoms with E-state index in [1.54, 1.807) is 17.4 Å². The molecule has 1 aliphatic rings. The number of carbonyl (C=O) groups excluding carboxylic acids is 2. The second kappa shape index (κ2) is 9.39. The van der Waals surface area contributed by atoms with Crippen molar-refractivity contribution in [3.05, 3.63) is 27.3 Å². The Bertz CT molecular complexity index is 602. The van der Waals surface area contributed by atoms with Crippen LogP contribution in [0.3, 0.4) is 0 Å². The largest absolute Gasteiger partial charge is 0.463 e. The van der Waals surface area contributed by atoms with Crippen molar-refractivity contribution in [2.24, 2.45) is 0 Å². The summed E-state index contributed by atoms with van der Waals surface area (Å²) in [6, 6.07) is 3.84. The Morgan fingerprint density at radius 2 is 2.22 bits per heavy atom. The van der Waals surface area contributed by atoms with E-state index in [1.165, 1.54) is 16.7 Å². The first-order chi connectivity index (χ1) is 10.5. The van der Waals surface area contributed by atoms with Gasteiger partial charge in [0, 0.05) is 11.4 Å². The van der Waals surface area contributed by atoms with Crippen LogP contribution in [0.15, 0.2) is 22.4 Å². The van der Waals surface area contributed by atoms with Gasteiger partial charge >= 0.3 is 5.97 Å². The number of halogens is 1. The minimum atomic E-state index is -0.449. The van der Waals surface area contributed by atoms with Crippen molar-refractivity contribution in [1.82, 2.24) is 9.80 Å². The Labute approximate surface area is 155 Å². The number of rotatable bonds is 6. The van der Waals surface area contributed by atoms with Gasteiger partial charge in [-0.2, -0.15) is 0 Å². The number of nitrogens with zero attached hydrogens (tertiary/aromatic N) is 2. The molecule has 1 aromatic heterocycles. The van der Waals surface area contributed by atoms with Crippen LogP contribution < -0.4 is 0 Å². The lowest BCUT2D eigenvalue weighted by Gasteiger charge is -2.14. The predicted octanol–water partition coefficient (Wildman–Crippen LogP) is 2.48. The molecule has 0 spiro atoms. The van der Waals surface area contributed by atoms with E-state index in [2.05, 4.69) is 0 Å². The second-order valence-corrected chi connectivity index (χ2v) is 7.46. The summed E-state index contributed by atoms with van der Waals surface area (Å²) in [5, 5.41) is 1.94. The van der Waals surface area contributed by atoms with Crippen molar-refractivity contribution >= 4 is 70.0 Å². The van der Waals surface area contributed by atoms with Gasteiger partial charge in [-0.25, -0.2) is 0 Å². The lowest BCUT2D eigenvalue weighted by Crippen LogP contribution is -2.35. The normalized spacial score (nSPS) is 16.1. The van der Waals surface area contributed by atoms with Gasteiger partial charge in [-0.05, 0) is 31.6 Å². The number of hydrogen-bond donors (Lipinski definition) is 0. The molecular weight excluding hydrogens is 376 g/mol. The van der Waals surface area contributed by atoms with E-state index in [4.69, 9.17) is 17.0 Å². The van der Waals surface area contributed by atoms with Crippen molar-refractivity contribution in [2.45, 2.75) is 0 Å². The quantitative estimate of drug-likeness (QED) is 0.421. The molecule has 0 unspecified atom stereocenters. The van der Waals surface area contributed by atoms with Crippen molar-refractivity contribution in [3.8, 4) is 0 Å². The number of hydrogen-bond acceptors (Lipinski definition) is 7. The first-order valence-corrected chi connectivity index (χ1v) is 8.67. The summed E-state index contributed by atoms with van der Waals surface area (Å²) in [5.74, 6) is -0.691. The molecule has 0 saturated carbocycles. The van der Waals surface area contributed by atoms with Crippen molar-refractivity contribution in [2.75, 3.05) is 33.8 Å². The molecule has 1 aliphatic heterocycles. The zero-order valence-corrected chi connectivity index (χ0v) is 15.9. The van der Waals surface area contributed by atoms with Crippen LogP contribution in [-0.4, -0.2) is 59.8 Å². The SMILES string of the molecule is CN(C)CCOC(=O)CN1C(=O)/C(=C\c2cccs2)SC1=S.Cl. The molecule has 0 aliphatic carbocycles. The van der Waals surface area contributed by atoms with Gasteiger partial charge in [0.1, 0.15) is 17.5 Å². The third kappa shape index (κ3) is 5.89. The zero-order valence-electron chi connectivity index (χ0n) is 12.7. The van der Waals surface area contributed by atoms with E-state index in [0.29, 0.717) is 22.4 Å². The first-order valence-electron chi connectivity index (χ1n) is 6.56. The molecule has 1 aromatic rings. The molecule has 9 heteroatoms. The summed E-state index contributed by atoms with van der Waals surface area (Å²) in [7, 11) is 3.79. The van der Waals surface area contributed by atoms with E-state index in [-0.39, 0.29) is 24.9 Å². The van der Waals surface area contributed by atoms with Gasteiger partial charge in [0.2, 0.25) is 0 Å².